The third-order valence-corrected chi connectivity index (χ3v) is 6.35. The predicted octanol–water partition coefficient (Wildman–Crippen LogP) is 5.68. The highest BCUT2D eigenvalue weighted by Crippen LogP contribution is 2.34. The largest absolute Gasteiger partial charge is 0.374 e. The number of aromatic nitrogens is 7. The highest BCUT2D eigenvalue weighted by Gasteiger charge is 2.22. The summed E-state index contributed by atoms with van der Waals surface area (Å²) in [5.41, 5.74) is 4.26. The maximum absolute atomic E-state index is 16.1. The van der Waals surface area contributed by atoms with Crippen molar-refractivity contribution in [2.75, 3.05) is 5.32 Å². The van der Waals surface area contributed by atoms with Crippen molar-refractivity contribution in [3.8, 4) is 33.9 Å². The van der Waals surface area contributed by atoms with Gasteiger partial charge in [0, 0.05) is 35.3 Å². The van der Waals surface area contributed by atoms with Gasteiger partial charge in [-0.3, -0.25) is 15.1 Å². The van der Waals surface area contributed by atoms with E-state index in [1.54, 1.807) is 36.7 Å². The summed E-state index contributed by atoms with van der Waals surface area (Å²) in [5.74, 6) is -0.259. The number of aliphatic hydroxyl groups excluding tert-OH is 1. The smallest absolute Gasteiger partial charge is 0.159 e. The van der Waals surface area contributed by atoms with Gasteiger partial charge < -0.3 is 15.4 Å². The van der Waals surface area contributed by atoms with Crippen LogP contribution in [0.5, 0.6) is 0 Å². The van der Waals surface area contributed by atoms with E-state index < -0.39 is 12.0 Å². The number of halogens is 2. The first-order chi connectivity index (χ1) is 18.9. The number of anilines is 1. The average Bonchev–Trinajstić information content (AvgIpc) is 3.54. The molecule has 0 saturated carbocycles. The fourth-order valence-corrected chi connectivity index (χ4v) is 4.56. The second-order valence-electron chi connectivity index (χ2n) is 9.68. The quantitative estimate of drug-likeness (QED) is 0.197. The van der Waals surface area contributed by atoms with Crippen molar-refractivity contribution in [1.29, 1.82) is 0 Å². The second kappa shape index (κ2) is 9.84. The fourth-order valence-electron chi connectivity index (χ4n) is 4.56. The van der Waals surface area contributed by atoms with Crippen LogP contribution in [0.3, 0.4) is 0 Å². The molecular formula is C28H24F2N8O. The van der Waals surface area contributed by atoms with Crippen molar-refractivity contribution in [1.82, 2.24) is 35.1 Å². The average molecular weight is 527 g/mol. The number of imidazole rings is 1. The number of benzene rings is 1. The maximum Gasteiger partial charge on any atom is 0.159 e. The van der Waals surface area contributed by atoms with Crippen molar-refractivity contribution in [2.24, 2.45) is 5.92 Å². The molecule has 0 amide bonds. The number of aromatic amines is 2. The minimum atomic E-state index is -0.754. The first kappa shape index (κ1) is 24.6. The minimum Gasteiger partial charge on any atom is -0.374 e. The van der Waals surface area contributed by atoms with Crippen molar-refractivity contribution in [2.45, 2.75) is 26.5 Å². The Labute approximate surface area is 221 Å². The van der Waals surface area contributed by atoms with Gasteiger partial charge in [-0.2, -0.15) is 5.10 Å². The first-order valence-electron chi connectivity index (χ1n) is 12.4. The number of hydrogen-bond donors (Lipinski definition) is 4. The lowest BCUT2D eigenvalue weighted by Crippen LogP contribution is -2.20. The van der Waals surface area contributed by atoms with Gasteiger partial charge in [-0.25, -0.2) is 18.7 Å². The molecule has 4 N–H and O–H groups in total. The molecule has 0 aliphatic rings. The van der Waals surface area contributed by atoms with Gasteiger partial charge in [0.2, 0.25) is 0 Å². The molecule has 11 heteroatoms. The van der Waals surface area contributed by atoms with Gasteiger partial charge in [0.25, 0.3) is 0 Å². The summed E-state index contributed by atoms with van der Waals surface area (Å²) in [6.07, 6.45) is 5.95. The highest BCUT2D eigenvalue weighted by molar-refractivity contribution is 5.96. The molecule has 0 spiro atoms. The summed E-state index contributed by atoms with van der Waals surface area (Å²) in [4.78, 5) is 20.9. The molecule has 0 radical (unpaired) electrons. The van der Waals surface area contributed by atoms with E-state index in [-0.39, 0.29) is 28.1 Å². The van der Waals surface area contributed by atoms with E-state index in [2.05, 4.69) is 40.4 Å². The highest BCUT2D eigenvalue weighted by atomic mass is 19.1. The maximum atomic E-state index is 16.1. The fraction of sp³-hybridized carbons (Fsp3) is 0.179. The summed E-state index contributed by atoms with van der Waals surface area (Å²) >= 11 is 0. The Morgan fingerprint density at radius 1 is 0.974 bits per heavy atom. The Hall–Kier alpha value is -4.77. The molecule has 1 unspecified atom stereocenters. The second-order valence-corrected chi connectivity index (χ2v) is 9.68. The molecule has 5 aromatic heterocycles. The Bertz CT molecular complexity index is 1800. The van der Waals surface area contributed by atoms with Gasteiger partial charge in [-0.15, -0.1) is 0 Å². The van der Waals surface area contributed by atoms with E-state index in [9.17, 15) is 9.50 Å². The number of rotatable bonds is 7. The van der Waals surface area contributed by atoms with E-state index in [1.807, 2.05) is 13.8 Å². The van der Waals surface area contributed by atoms with Gasteiger partial charge in [0.05, 0.1) is 28.5 Å². The third kappa shape index (κ3) is 4.68. The van der Waals surface area contributed by atoms with Crippen LogP contribution in [-0.4, -0.2) is 46.5 Å². The Morgan fingerprint density at radius 3 is 2.59 bits per heavy atom. The van der Waals surface area contributed by atoms with E-state index in [1.165, 1.54) is 24.5 Å². The summed E-state index contributed by atoms with van der Waals surface area (Å²) in [7, 11) is 0. The summed E-state index contributed by atoms with van der Waals surface area (Å²) in [6, 6.07) is 9.44. The molecule has 0 aliphatic heterocycles. The van der Waals surface area contributed by atoms with Gasteiger partial charge in [0.1, 0.15) is 29.1 Å². The van der Waals surface area contributed by atoms with Gasteiger partial charge in [0.15, 0.2) is 11.5 Å². The summed E-state index contributed by atoms with van der Waals surface area (Å²) in [6.45, 7) is 4.03. The van der Waals surface area contributed by atoms with Crippen LogP contribution < -0.4 is 5.32 Å². The lowest BCUT2D eigenvalue weighted by Gasteiger charge is -2.16. The molecule has 0 fully saturated rings. The molecule has 6 rings (SSSR count). The van der Waals surface area contributed by atoms with Crippen LogP contribution in [-0.2, 0) is 0 Å². The molecule has 0 saturated heterocycles. The molecule has 6 aromatic rings. The third-order valence-electron chi connectivity index (χ3n) is 6.35. The van der Waals surface area contributed by atoms with Crippen LogP contribution >= 0.6 is 0 Å². The first-order valence-corrected chi connectivity index (χ1v) is 12.4. The van der Waals surface area contributed by atoms with Crippen LogP contribution in [0.25, 0.3) is 56.0 Å². The number of H-pyrrole nitrogens is 2. The Kier molecular flexibility index (Phi) is 6.20. The van der Waals surface area contributed by atoms with Crippen LogP contribution in [0, 0.1) is 17.6 Å². The van der Waals surface area contributed by atoms with Crippen molar-refractivity contribution < 1.29 is 13.9 Å². The van der Waals surface area contributed by atoms with Crippen LogP contribution in [0.2, 0.25) is 0 Å². The zero-order chi connectivity index (χ0) is 27.1. The van der Waals surface area contributed by atoms with Crippen LogP contribution in [0.1, 0.15) is 20.3 Å². The predicted molar refractivity (Wildman–Crippen MR) is 144 cm³/mol. The van der Waals surface area contributed by atoms with E-state index in [0.29, 0.717) is 51.7 Å². The molecule has 1 atom stereocenters. The van der Waals surface area contributed by atoms with Crippen LogP contribution in [0.15, 0.2) is 61.2 Å². The number of aliphatic hydroxyl groups is 1. The molecular weight excluding hydrogens is 502 g/mol. The standard InChI is InChI=1S/C28H24F2N8O/c1-14(2)9-21(39)34-18-10-16(11-31-12-18)19-13-33-27-22(23(19)30)26(37-38-27)28-35-20-7-8-32-24(25(20)36-28)15-3-5-17(29)6-4-15/h3-8,10-14,21,34,39H,9H2,1-2H3,(H,35,36)(H,33,37,38). The zero-order valence-electron chi connectivity index (χ0n) is 21.1. The van der Waals surface area contributed by atoms with Crippen molar-refractivity contribution >= 4 is 27.8 Å². The van der Waals surface area contributed by atoms with Gasteiger partial charge in [-0.05, 0) is 48.7 Å². The lowest BCUT2D eigenvalue weighted by atomic mass is 10.1. The van der Waals surface area contributed by atoms with E-state index in [0.717, 1.165) is 0 Å². The van der Waals surface area contributed by atoms with E-state index >= 15 is 4.39 Å². The molecule has 196 valence electrons. The molecule has 39 heavy (non-hydrogen) atoms. The van der Waals surface area contributed by atoms with Crippen molar-refractivity contribution in [3.05, 3.63) is 72.8 Å². The van der Waals surface area contributed by atoms with Crippen molar-refractivity contribution in [3.63, 3.8) is 0 Å². The molecule has 9 nitrogen and oxygen atoms in total. The number of pyridine rings is 3. The topological polar surface area (TPSA) is 128 Å². The number of hydrogen-bond acceptors (Lipinski definition) is 7. The normalized spacial score (nSPS) is 12.5. The molecule has 5 heterocycles. The SMILES string of the molecule is CC(C)CC(O)Nc1cncc(-c2cnc3[nH]nc(-c4nc5c(-c6ccc(F)cc6)nccc5[nH]4)c3c2F)c1. The zero-order valence-corrected chi connectivity index (χ0v) is 21.1. The van der Waals surface area contributed by atoms with Gasteiger partial charge >= 0.3 is 0 Å². The minimum absolute atomic E-state index is 0.168. The number of nitrogens with zero attached hydrogens (tertiary/aromatic N) is 5. The van der Waals surface area contributed by atoms with Crippen LogP contribution in [0.4, 0.5) is 14.5 Å². The lowest BCUT2D eigenvalue weighted by molar-refractivity contribution is 0.176. The number of fused-ring (bicyclic) bond motifs is 2. The summed E-state index contributed by atoms with van der Waals surface area (Å²) in [5, 5.41) is 20.5. The monoisotopic (exact) mass is 526 g/mol. The van der Waals surface area contributed by atoms with E-state index in [4.69, 9.17) is 0 Å². The Balaban J connectivity index is 1.41. The van der Waals surface area contributed by atoms with Gasteiger partial charge in [-0.1, -0.05) is 13.8 Å². The summed E-state index contributed by atoms with van der Waals surface area (Å²) < 4.78 is 29.5. The molecule has 0 bridgehead atoms. The Morgan fingerprint density at radius 2 is 1.79 bits per heavy atom. The molecule has 1 aromatic carbocycles. The number of nitrogens with one attached hydrogen (secondary N) is 3. The molecule has 0 aliphatic carbocycles.